The quantitative estimate of drug-likeness (QED) is 0.557. The zero-order valence-corrected chi connectivity index (χ0v) is 5.26. The van der Waals surface area contributed by atoms with Gasteiger partial charge in [0.05, 0.1) is 18.1 Å². The van der Waals surface area contributed by atoms with Gasteiger partial charge in [-0.05, 0) is 12.5 Å². The molecule has 45 valence electrons. The number of allylic oxidation sites excluding steroid dienone is 1. The van der Waals surface area contributed by atoms with Crippen molar-refractivity contribution in [1.82, 2.24) is 9.97 Å². The van der Waals surface area contributed by atoms with Crippen LogP contribution < -0.4 is 0 Å². The first kappa shape index (κ1) is 5.95. The van der Waals surface area contributed by atoms with E-state index in [1.165, 1.54) is 6.20 Å². The van der Waals surface area contributed by atoms with E-state index < -0.39 is 0 Å². The Morgan fingerprint density at radius 3 is 2.89 bits per heavy atom. The van der Waals surface area contributed by atoms with Crippen LogP contribution in [-0.2, 0) is 0 Å². The van der Waals surface area contributed by atoms with Crippen molar-refractivity contribution in [2.45, 2.75) is 6.92 Å². The van der Waals surface area contributed by atoms with Crippen LogP contribution >= 0.6 is 0 Å². The van der Waals surface area contributed by atoms with E-state index in [1.54, 1.807) is 6.20 Å². The first-order valence-electron chi connectivity index (χ1n) is 2.64. The third-order valence-electron chi connectivity index (χ3n) is 0.960. The predicted octanol–water partition coefficient (Wildman–Crippen LogP) is 1.31. The molecular formula is C7H7N2. The molecule has 0 N–H and O–H groups in total. The summed E-state index contributed by atoms with van der Waals surface area (Å²) < 4.78 is 0. The Bertz CT molecular complexity index is 203. The molecule has 0 saturated carbocycles. The lowest BCUT2D eigenvalue weighted by atomic mass is 10.3. The van der Waals surface area contributed by atoms with Crippen molar-refractivity contribution in [2.75, 3.05) is 0 Å². The molecule has 9 heavy (non-hydrogen) atoms. The minimum absolute atomic E-state index is 0.828. The highest BCUT2D eigenvalue weighted by atomic mass is 14.8. The number of hydrogen-bond donors (Lipinski definition) is 0. The molecule has 0 amide bonds. The fourth-order valence-electron chi connectivity index (χ4n) is 0.484. The molecule has 2 nitrogen and oxygen atoms in total. The molecule has 0 aromatic carbocycles. The lowest BCUT2D eigenvalue weighted by Gasteiger charge is -1.92. The van der Waals surface area contributed by atoms with Gasteiger partial charge in [-0.3, -0.25) is 9.97 Å². The fraction of sp³-hybridized carbons (Fsp3) is 0.143. The number of rotatable bonds is 1. The fourth-order valence-corrected chi connectivity index (χ4v) is 0.484. The van der Waals surface area contributed by atoms with Crippen molar-refractivity contribution < 1.29 is 0 Å². The average molecular weight is 119 g/mol. The maximum atomic E-state index is 3.96. The summed E-state index contributed by atoms with van der Waals surface area (Å²) in [5, 5.41) is 0. The van der Waals surface area contributed by atoms with Crippen molar-refractivity contribution in [1.29, 1.82) is 0 Å². The smallest absolute Gasteiger partial charge is 0.109 e. The van der Waals surface area contributed by atoms with E-state index >= 15 is 0 Å². The maximum absolute atomic E-state index is 3.96. The molecule has 1 heterocycles. The van der Waals surface area contributed by atoms with Gasteiger partial charge in [-0.1, -0.05) is 6.58 Å². The summed E-state index contributed by atoms with van der Waals surface area (Å²) in [6.07, 6.45) is 5.76. The second kappa shape index (κ2) is 2.40. The van der Waals surface area contributed by atoms with E-state index in [0.29, 0.717) is 0 Å². The van der Waals surface area contributed by atoms with Crippen molar-refractivity contribution >= 4 is 5.57 Å². The van der Waals surface area contributed by atoms with Crippen molar-refractivity contribution in [3.05, 3.63) is 30.9 Å². The third-order valence-corrected chi connectivity index (χ3v) is 0.960. The van der Waals surface area contributed by atoms with Crippen LogP contribution in [0.4, 0.5) is 0 Å². The zero-order chi connectivity index (χ0) is 6.69. The summed E-state index contributed by atoms with van der Waals surface area (Å²) in [7, 11) is 0. The minimum Gasteiger partial charge on any atom is -0.253 e. The molecule has 0 fully saturated rings. The Morgan fingerprint density at radius 2 is 2.56 bits per heavy atom. The van der Waals surface area contributed by atoms with Gasteiger partial charge in [-0.25, -0.2) is 0 Å². The van der Waals surface area contributed by atoms with E-state index in [0.717, 1.165) is 11.3 Å². The summed E-state index contributed by atoms with van der Waals surface area (Å²) in [6.45, 7) is 5.60. The molecule has 0 spiro atoms. The number of aromatic nitrogens is 2. The Kier molecular flexibility index (Phi) is 1.58. The first-order valence-corrected chi connectivity index (χ1v) is 2.64. The third kappa shape index (κ3) is 1.35. The van der Waals surface area contributed by atoms with E-state index in [9.17, 15) is 0 Å². The van der Waals surface area contributed by atoms with E-state index in [-0.39, 0.29) is 0 Å². The normalized spacial score (nSPS) is 9.00. The van der Waals surface area contributed by atoms with Crippen LogP contribution in [0.5, 0.6) is 0 Å². The topological polar surface area (TPSA) is 25.8 Å². The summed E-state index contributed by atoms with van der Waals surface area (Å²) in [6, 6.07) is 0. The summed E-state index contributed by atoms with van der Waals surface area (Å²) >= 11 is 0. The van der Waals surface area contributed by atoms with Gasteiger partial charge in [0.2, 0.25) is 0 Å². The van der Waals surface area contributed by atoms with Gasteiger partial charge in [0, 0.05) is 0 Å². The van der Waals surface area contributed by atoms with Crippen molar-refractivity contribution in [3.63, 3.8) is 0 Å². The molecule has 0 unspecified atom stereocenters. The second-order valence-electron chi connectivity index (χ2n) is 1.81. The van der Waals surface area contributed by atoms with E-state index in [4.69, 9.17) is 0 Å². The molecule has 0 saturated heterocycles. The van der Waals surface area contributed by atoms with Gasteiger partial charge in [0.25, 0.3) is 0 Å². The molecule has 1 aromatic heterocycles. The molecule has 0 aliphatic rings. The Labute approximate surface area is 54.3 Å². The summed E-state index contributed by atoms with van der Waals surface area (Å²) in [4.78, 5) is 7.72. The highest BCUT2D eigenvalue weighted by Gasteiger charge is 1.89. The second-order valence-corrected chi connectivity index (χ2v) is 1.81. The maximum Gasteiger partial charge on any atom is 0.109 e. The minimum atomic E-state index is 0.828. The molecule has 0 bridgehead atoms. The van der Waals surface area contributed by atoms with Gasteiger partial charge in [0.15, 0.2) is 0 Å². The Hall–Kier alpha value is -1.18. The van der Waals surface area contributed by atoms with E-state index in [2.05, 4.69) is 22.7 Å². The van der Waals surface area contributed by atoms with Crippen LogP contribution in [0.25, 0.3) is 5.57 Å². The molecular weight excluding hydrogens is 112 g/mol. The summed E-state index contributed by atoms with van der Waals surface area (Å²) in [5.41, 5.74) is 1.75. The monoisotopic (exact) mass is 119 g/mol. The van der Waals surface area contributed by atoms with E-state index in [1.807, 2.05) is 6.92 Å². The summed E-state index contributed by atoms with van der Waals surface area (Å²) in [5.74, 6) is 0. The molecule has 0 atom stereocenters. The number of hydrogen-bond acceptors (Lipinski definition) is 2. The Morgan fingerprint density at radius 1 is 1.78 bits per heavy atom. The highest BCUT2D eigenvalue weighted by molar-refractivity contribution is 5.56. The van der Waals surface area contributed by atoms with Crippen LogP contribution in [0.1, 0.15) is 12.6 Å². The average Bonchev–Trinajstić information content (AvgIpc) is 1.90. The van der Waals surface area contributed by atoms with Crippen molar-refractivity contribution in [3.8, 4) is 0 Å². The molecule has 0 aliphatic heterocycles. The van der Waals surface area contributed by atoms with Crippen LogP contribution in [-0.4, -0.2) is 9.97 Å². The largest absolute Gasteiger partial charge is 0.253 e. The van der Waals surface area contributed by atoms with Gasteiger partial charge in [0.1, 0.15) is 6.20 Å². The van der Waals surface area contributed by atoms with Crippen LogP contribution in [0.15, 0.2) is 19.0 Å². The molecule has 1 aromatic rings. The lowest BCUT2D eigenvalue weighted by molar-refractivity contribution is 1.15. The zero-order valence-electron chi connectivity index (χ0n) is 5.26. The van der Waals surface area contributed by atoms with Crippen LogP contribution in [0.2, 0.25) is 0 Å². The molecule has 1 rings (SSSR count). The SMILES string of the molecule is C=C(C)c1cn[c]cn1. The first-order chi connectivity index (χ1) is 4.30. The lowest BCUT2D eigenvalue weighted by Crippen LogP contribution is -1.83. The van der Waals surface area contributed by atoms with Crippen LogP contribution in [0, 0.1) is 6.20 Å². The molecule has 0 aliphatic carbocycles. The number of nitrogens with zero attached hydrogens (tertiary/aromatic N) is 2. The van der Waals surface area contributed by atoms with Gasteiger partial charge in [-0.15, -0.1) is 0 Å². The highest BCUT2D eigenvalue weighted by Crippen LogP contribution is 2.02. The molecule has 2 heteroatoms. The van der Waals surface area contributed by atoms with Crippen LogP contribution in [0.3, 0.4) is 0 Å². The predicted molar refractivity (Wildman–Crippen MR) is 35.6 cm³/mol. The Balaban J connectivity index is 2.98. The molecule has 1 radical (unpaired) electrons. The standard InChI is InChI=1S/C7H7N2/c1-6(2)7-5-8-3-4-9-7/h4-5H,1H2,2H3. The van der Waals surface area contributed by atoms with Crippen molar-refractivity contribution in [2.24, 2.45) is 0 Å². The van der Waals surface area contributed by atoms with Gasteiger partial charge >= 0.3 is 0 Å². The van der Waals surface area contributed by atoms with Gasteiger partial charge in [-0.2, -0.15) is 0 Å². The van der Waals surface area contributed by atoms with Gasteiger partial charge < -0.3 is 0 Å².